The lowest BCUT2D eigenvalue weighted by molar-refractivity contribution is -0.167. The quantitative estimate of drug-likeness (QED) is 0.749. The molecule has 2 unspecified atom stereocenters. The van der Waals surface area contributed by atoms with Crippen LogP contribution in [-0.2, 0) is 10.2 Å². The summed E-state index contributed by atoms with van der Waals surface area (Å²) in [6.45, 7) is 3.94. The average Bonchev–Trinajstić information content (AvgIpc) is 2.72. The molecule has 4 atom stereocenters. The fourth-order valence-electron chi connectivity index (χ4n) is 7.34. The van der Waals surface area contributed by atoms with Crippen LogP contribution in [0.1, 0.15) is 63.5 Å². The third kappa shape index (κ3) is 2.72. The van der Waals surface area contributed by atoms with Crippen LogP contribution >= 0.6 is 0 Å². The first-order valence-corrected chi connectivity index (χ1v) is 11.4. The number of ether oxygens (including phenoxy) is 1. The van der Waals surface area contributed by atoms with Gasteiger partial charge in [0, 0.05) is 5.56 Å². The van der Waals surface area contributed by atoms with Gasteiger partial charge in [0.1, 0.15) is 11.9 Å². The van der Waals surface area contributed by atoms with Gasteiger partial charge in [-0.25, -0.2) is 9.98 Å². The first kappa shape index (κ1) is 19.7. The number of nitrogens with zero attached hydrogens (tertiary/aromatic N) is 3. The lowest BCUT2D eigenvalue weighted by Crippen LogP contribution is -2.56. The van der Waals surface area contributed by atoms with E-state index in [9.17, 15) is 9.90 Å². The maximum atomic E-state index is 12.2. The number of carbonyl (C=O) groups is 1. The Kier molecular flexibility index (Phi) is 3.88. The molecule has 2 heterocycles. The van der Waals surface area contributed by atoms with Crippen LogP contribution in [0.15, 0.2) is 35.6 Å². The maximum Gasteiger partial charge on any atom is 0.309 e. The maximum absolute atomic E-state index is 12.2. The Morgan fingerprint density at radius 2 is 1.78 bits per heavy atom. The number of aliphatic imine (C=N–C) groups is 1. The second-order valence-corrected chi connectivity index (χ2v) is 10.9. The minimum atomic E-state index is -0.663. The number of anilines is 1. The Morgan fingerprint density at radius 1 is 1.09 bits per heavy atom. The summed E-state index contributed by atoms with van der Waals surface area (Å²) in [5, 5.41) is 10.1. The highest BCUT2D eigenvalue weighted by Gasteiger charge is 2.61. The van der Waals surface area contributed by atoms with Crippen LogP contribution in [0.2, 0.25) is 0 Å². The molecule has 4 aliphatic carbocycles. The highest BCUT2D eigenvalue weighted by Crippen LogP contribution is 2.65. The van der Waals surface area contributed by atoms with Crippen molar-refractivity contribution in [2.24, 2.45) is 22.2 Å². The Labute approximate surface area is 187 Å². The van der Waals surface area contributed by atoms with E-state index in [0.717, 1.165) is 43.4 Å². The molecule has 0 amide bonds. The SMILES string of the molecule is CC1(C)Oc2ncnc(N)c2N=C1c1ccc(C23C[C@@H]4C[C@@H](CC(C(=O)O)(C4)C2)C3)cc1. The van der Waals surface area contributed by atoms with Gasteiger partial charge in [-0.3, -0.25) is 4.79 Å². The monoisotopic (exact) mass is 432 g/mol. The zero-order chi connectivity index (χ0) is 22.3. The van der Waals surface area contributed by atoms with Crippen LogP contribution in [0.3, 0.4) is 0 Å². The molecule has 2 aromatic rings. The number of aromatic nitrogens is 2. The summed E-state index contributed by atoms with van der Waals surface area (Å²) in [6, 6.07) is 8.54. The molecule has 5 aliphatic rings. The van der Waals surface area contributed by atoms with Crippen LogP contribution in [-0.4, -0.2) is 32.4 Å². The van der Waals surface area contributed by atoms with Crippen molar-refractivity contribution < 1.29 is 14.6 Å². The number of carboxylic acids is 1. The molecule has 7 heteroatoms. The molecule has 4 fully saturated rings. The molecule has 3 N–H and O–H groups in total. The van der Waals surface area contributed by atoms with Crippen LogP contribution in [0.25, 0.3) is 0 Å². The predicted molar refractivity (Wildman–Crippen MR) is 120 cm³/mol. The number of hydrogen-bond donors (Lipinski definition) is 2. The van der Waals surface area contributed by atoms with Crippen LogP contribution < -0.4 is 10.5 Å². The molecular formula is C25H28N4O3. The van der Waals surface area contributed by atoms with Crippen LogP contribution in [0, 0.1) is 17.3 Å². The number of aliphatic carboxylic acids is 1. The lowest BCUT2D eigenvalue weighted by Gasteiger charge is -2.60. The van der Waals surface area contributed by atoms with Gasteiger partial charge in [0.05, 0.1) is 11.1 Å². The second-order valence-electron chi connectivity index (χ2n) is 10.9. The van der Waals surface area contributed by atoms with Crippen molar-refractivity contribution in [3.8, 4) is 5.88 Å². The minimum Gasteiger partial charge on any atom is -0.481 e. The summed E-state index contributed by atoms with van der Waals surface area (Å²) < 4.78 is 6.11. The second kappa shape index (κ2) is 6.30. The zero-order valence-corrected chi connectivity index (χ0v) is 18.5. The van der Waals surface area contributed by atoms with Crippen molar-refractivity contribution in [1.29, 1.82) is 0 Å². The van der Waals surface area contributed by atoms with E-state index in [-0.39, 0.29) is 5.41 Å². The van der Waals surface area contributed by atoms with E-state index in [1.807, 2.05) is 13.8 Å². The van der Waals surface area contributed by atoms with Gasteiger partial charge in [0.25, 0.3) is 0 Å². The first-order valence-electron chi connectivity index (χ1n) is 11.4. The van der Waals surface area contributed by atoms with E-state index >= 15 is 0 Å². The number of benzene rings is 1. The van der Waals surface area contributed by atoms with Crippen molar-refractivity contribution >= 4 is 23.2 Å². The fourth-order valence-corrected chi connectivity index (χ4v) is 7.34. The van der Waals surface area contributed by atoms with Crippen molar-refractivity contribution in [3.63, 3.8) is 0 Å². The normalized spacial score (nSPS) is 33.9. The molecule has 7 nitrogen and oxygen atoms in total. The van der Waals surface area contributed by atoms with E-state index in [1.54, 1.807) is 0 Å². The van der Waals surface area contributed by atoms with Gasteiger partial charge in [-0.2, -0.15) is 4.98 Å². The van der Waals surface area contributed by atoms with Crippen molar-refractivity contribution in [2.45, 2.75) is 63.4 Å². The summed E-state index contributed by atoms with van der Waals surface area (Å²) in [5.41, 5.74) is 8.27. The first-order chi connectivity index (χ1) is 15.2. The van der Waals surface area contributed by atoms with E-state index in [4.69, 9.17) is 15.5 Å². The summed E-state index contributed by atoms with van der Waals surface area (Å²) >= 11 is 0. The molecule has 1 aliphatic heterocycles. The summed E-state index contributed by atoms with van der Waals surface area (Å²) in [4.78, 5) is 25.2. The Bertz CT molecular complexity index is 1140. The van der Waals surface area contributed by atoms with Gasteiger partial charge in [-0.05, 0) is 75.2 Å². The summed E-state index contributed by atoms with van der Waals surface area (Å²) in [6.07, 6.45) is 7.25. The number of fused-ring (bicyclic) bond motifs is 1. The van der Waals surface area contributed by atoms with E-state index in [2.05, 4.69) is 34.2 Å². The Morgan fingerprint density at radius 3 is 2.44 bits per heavy atom. The molecule has 0 spiro atoms. The molecule has 4 saturated carbocycles. The van der Waals surface area contributed by atoms with E-state index in [0.29, 0.717) is 29.2 Å². The molecule has 1 aromatic carbocycles. The third-order valence-electron chi connectivity index (χ3n) is 8.25. The summed E-state index contributed by atoms with van der Waals surface area (Å²) in [5.74, 6) is 1.16. The van der Waals surface area contributed by atoms with E-state index in [1.165, 1.54) is 18.3 Å². The highest BCUT2D eigenvalue weighted by molar-refractivity contribution is 6.09. The van der Waals surface area contributed by atoms with Gasteiger partial charge in [0.15, 0.2) is 11.5 Å². The van der Waals surface area contributed by atoms with Gasteiger partial charge in [-0.1, -0.05) is 24.3 Å². The number of rotatable bonds is 3. The minimum absolute atomic E-state index is 0.0216. The Balaban J connectivity index is 1.37. The molecule has 1 aromatic heterocycles. The topological polar surface area (TPSA) is 111 Å². The molecule has 166 valence electrons. The van der Waals surface area contributed by atoms with Crippen molar-refractivity contribution in [2.75, 3.05) is 5.73 Å². The number of nitrogens with two attached hydrogens (primary N) is 1. The van der Waals surface area contributed by atoms with Crippen molar-refractivity contribution in [3.05, 3.63) is 41.7 Å². The number of nitrogen functional groups attached to an aromatic ring is 1. The van der Waals surface area contributed by atoms with Gasteiger partial charge < -0.3 is 15.6 Å². The largest absolute Gasteiger partial charge is 0.481 e. The van der Waals surface area contributed by atoms with Gasteiger partial charge >= 0.3 is 5.97 Å². The number of hydrogen-bond acceptors (Lipinski definition) is 6. The molecule has 0 saturated heterocycles. The highest BCUT2D eigenvalue weighted by atomic mass is 16.5. The number of carboxylic acid groups (broad SMARTS) is 1. The molecule has 4 bridgehead atoms. The van der Waals surface area contributed by atoms with Crippen LogP contribution in [0.4, 0.5) is 11.5 Å². The lowest BCUT2D eigenvalue weighted by atomic mass is 9.43. The van der Waals surface area contributed by atoms with Crippen LogP contribution in [0.5, 0.6) is 5.88 Å². The van der Waals surface area contributed by atoms with Gasteiger partial charge in [-0.15, -0.1) is 0 Å². The molecule has 0 radical (unpaired) electrons. The molecule has 7 rings (SSSR count). The van der Waals surface area contributed by atoms with Crippen molar-refractivity contribution in [1.82, 2.24) is 9.97 Å². The fraction of sp³-hybridized carbons (Fsp3) is 0.520. The summed E-state index contributed by atoms with van der Waals surface area (Å²) in [7, 11) is 0. The standard InChI is InChI=1S/C25H28N4O3/c1-23(2)19(29-18-20(26)27-13-28-21(18)32-23)16-3-5-17(6-4-16)24-8-14-7-15(9-24)11-25(10-14,12-24)22(30)31/h3-6,13-15H,7-12H2,1-2H3,(H,30,31)(H2,26,27,28)/t14-,15+,24?,25?. The smallest absolute Gasteiger partial charge is 0.309 e. The average molecular weight is 433 g/mol. The molecule has 32 heavy (non-hydrogen) atoms. The third-order valence-corrected chi connectivity index (χ3v) is 8.25. The van der Waals surface area contributed by atoms with E-state index < -0.39 is 17.0 Å². The zero-order valence-electron chi connectivity index (χ0n) is 18.5. The molecular weight excluding hydrogens is 404 g/mol. The predicted octanol–water partition coefficient (Wildman–Crippen LogP) is 4.27. The Hall–Kier alpha value is -2.96. The van der Waals surface area contributed by atoms with Gasteiger partial charge in [0.2, 0.25) is 5.88 Å².